The van der Waals surface area contributed by atoms with Crippen molar-refractivity contribution in [2.45, 2.75) is 25.3 Å². The number of carbonyl (C=O) groups excluding carboxylic acids is 1. The summed E-state index contributed by atoms with van der Waals surface area (Å²) in [5.74, 6) is 0.229. The van der Waals surface area contributed by atoms with Crippen molar-refractivity contribution in [2.24, 2.45) is 7.05 Å². The summed E-state index contributed by atoms with van der Waals surface area (Å²) in [5, 5.41) is 10.8. The van der Waals surface area contributed by atoms with Gasteiger partial charge in [-0.2, -0.15) is 0 Å². The third-order valence-electron chi connectivity index (χ3n) is 4.54. The number of nitrogens with zero attached hydrogens (tertiary/aromatic N) is 3. The molecule has 1 aromatic carbocycles. The van der Waals surface area contributed by atoms with Crippen molar-refractivity contribution in [1.82, 2.24) is 9.47 Å². The molecular weight excluding hydrogens is 322 g/mol. The topological polar surface area (TPSA) is 77.6 Å². The maximum atomic E-state index is 12.7. The third kappa shape index (κ3) is 3.81. The van der Waals surface area contributed by atoms with E-state index in [1.807, 2.05) is 34.8 Å². The van der Waals surface area contributed by atoms with E-state index in [-0.39, 0.29) is 24.2 Å². The number of carbonyl (C=O) groups is 1. The van der Waals surface area contributed by atoms with E-state index in [9.17, 15) is 14.9 Å². The number of likely N-dealkylation sites (tertiary alicyclic amines) is 1. The molecule has 1 aliphatic rings. The van der Waals surface area contributed by atoms with Crippen molar-refractivity contribution < 1.29 is 14.5 Å². The average molecular weight is 343 g/mol. The van der Waals surface area contributed by atoms with Crippen molar-refractivity contribution in [2.75, 3.05) is 13.2 Å². The van der Waals surface area contributed by atoms with Crippen molar-refractivity contribution in [1.29, 1.82) is 0 Å². The Morgan fingerprint density at radius 3 is 2.88 bits per heavy atom. The lowest BCUT2D eigenvalue weighted by molar-refractivity contribution is -0.384. The number of benzene rings is 1. The normalized spacial score (nSPS) is 17.3. The molecule has 0 unspecified atom stereocenters. The van der Waals surface area contributed by atoms with E-state index >= 15 is 0 Å². The van der Waals surface area contributed by atoms with E-state index in [4.69, 9.17) is 4.74 Å². The van der Waals surface area contributed by atoms with Crippen LogP contribution in [-0.4, -0.2) is 33.4 Å². The Morgan fingerprint density at radius 1 is 1.32 bits per heavy atom. The zero-order valence-corrected chi connectivity index (χ0v) is 14.1. The van der Waals surface area contributed by atoms with Crippen LogP contribution in [0.15, 0.2) is 42.6 Å². The van der Waals surface area contributed by atoms with E-state index in [1.54, 1.807) is 12.1 Å². The lowest BCUT2D eigenvalue weighted by Gasteiger charge is -2.36. The largest absolute Gasteiger partial charge is 0.484 e. The molecule has 0 N–H and O–H groups in total. The van der Waals surface area contributed by atoms with Crippen LogP contribution in [0.5, 0.6) is 5.75 Å². The van der Waals surface area contributed by atoms with Gasteiger partial charge in [0.15, 0.2) is 6.61 Å². The molecule has 0 bridgehead atoms. The Balaban J connectivity index is 1.68. The number of amides is 1. The molecule has 1 aliphatic heterocycles. The Morgan fingerprint density at radius 2 is 2.16 bits per heavy atom. The van der Waals surface area contributed by atoms with E-state index < -0.39 is 4.92 Å². The molecular formula is C18H21N3O4. The molecule has 1 atom stereocenters. The van der Waals surface area contributed by atoms with Gasteiger partial charge in [0.25, 0.3) is 11.6 Å². The van der Waals surface area contributed by atoms with Gasteiger partial charge >= 0.3 is 0 Å². The Labute approximate surface area is 146 Å². The van der Waals surface area contributed by atoms with Crippen LogP contribution in [0.3, 0.4) is 0 Å². The maximum absolute atomic E-state index is 12.7. The molecule has 0 aliphatic carbocycles. The second-order valence-corrected chi connectivity index (χ2v) is 6.19. The number of piperidine rings is 1. The predicted octanol–water partition coefficient (Wildman–Crippen LogP) is 3.07. The molecule has 0 saturated carbocycles. The molecule has 1 aromatic heterocycles. The lowest BCUT2D eigenvalue weighted by atomic mass is 9.99. The summed E-state index contributed by atoms with van der Waals surface area (Å²) >= 11 is 0. The van der Waals surface area contributed by atoms with Crippen LogP contribution in [0.1, 0.15) is 31.0 Å². The number of hydrogen-bond acceptors (Lipinski definition) is 4. The van der Waals surface area contributed by atoms with Gasteiger partial charge in [-0.15, -0.1) is 0 Å². The molecule has 7 nitrogen and oxygen atoms in total. The average Bonchev–Trinajstić information content (AvgIpc) is 3.05. The summed E-state index contributed by atoms with van der Waals surface area (Å²) in [5.41, 5.74) is 1.06. The summed E-state index contributed by atoms with van der Waals surface area (Å²) in [6.45, 7) is 0.578. The summed E-state index contributed by atoms with van der Waals surface area (Å²) in [6.07, 6.45) is 4.97. The second-order valence-electron chi connectivity index (χ2n) is 6.19. The number of ether oxygens (including phenoxy) is 1. The smallest absolute Gasteiger partial charge is 0.273 e. The minimum absolute atomic E-state index is 0.0509. The predicted molar refractivity (Wildman–Crippen MR) is 92.3 cm³/mol. The van der Waals surface area contributed by atoms with Crippen LogP contribution in [0.25, 0.3) is 0 Å². The van der Waals surface area contributed by atoms with Gasteiger partial charge in [-0.3, -0.25) is 14.9 Å². The minimum atomic E-state index is -0.481. The van der Waals surface area contributed by atoms with Gasteiger partial charge in [-0.1, -0.05) is 6.07 Å². The molecule has 132 valence electrons. The summed E-state index contributed by atoms with van der Waals surface area (Å²) in [4.78, 5) is 24.9. The van der Waals surface area contributed by atoms with Crippen LogP contribution in [0.2, 0.25) is 0 Å². The number of rotatable bonds is 5. The number of aryl methyl sites for hydroxylation is 1. The van der Waals surface area contributed by atoms with Crippen LogP contribution in [0.4, 0.5) is 5.69 Å². The lowest BCUT2D eigenvalue weighted by Crippen LogP contribution is -2.41. The van der Waals surface area contributed by atoms with E-state index in [1.165, 1.54) is 12.1 Å². The molecule has 1 amide bonds. The fourth-order valence-electron chi connectivity index (χ4n) is 3.27. The van der Waals surface area contributed by atoms with E-state index in [0.717, 1.165) is 25.0 Å². The van der Waals surface area contributed by atoms with Crippen LogP contribution in [0, 0.1) is 10.1 Å². The van der Waals surface area contributed by atoms with Gasteiger partial charge in [0.05, 0.1) is 17.0 Å². The van der Waals surface area contributed by atoms with Crippen molar-refractivity contribution in [3.05, 3.63) is 58.4 Å². The summed E-state index contributed by atoms with van der Waals surface area (Å²) < 4.78 is 7.54. The highest BCUT2D eigenvalue weighted by molar-refractivity contribution is 5.78. The molecule has 1 fully saturated rings. The molecule has 3 rings (SSSR count). The van der Waals surface area contributed by atoms with Crippen molar-refractivity contribution in [3.8, 4) is 5.75 Å². The Kier molecular flexibility index (Phi) is 5.02. The molecule has 7 heteroatoms. The first-order valence-corrected chi connectivity index (χ1v) is 8.34. The Bertz CT molecular complexity index is 771. The van der Waals surface area contributed by atoms with Crippen molar-refractivity contribution in [3.63, 3.8) is 0 Å². The van der Waals surface area contributed by atoms with E-state index in [0.29, 0.717) is 12.3 Å². The van der Waals surface area contributed by atoms with E-state index in [2.05, 4.69) is 0 Å². The fraction of sp³-hybridized carbons (Fsp3) is 0.389. The van der Waals surface area contributed by atoms with Gasteiger partial charge in [-0.05, 0) is 37.5 Å². The quantitative estimate of drug-likeness (QED) is 0.617. The highest BCUT2D eigenvalue weighted by Crippen LogP contribution is 2.31. The summed E-state index contributed by atoms with van der Waals surface area (Å²) in [6, 6.07) is 9.96. The molecule has 0 radical (unpaired) electrons. The number of hydrogen-bond donors (Lipinski definition) is 0. The number of nitro benzene ring substituents is 1. The minimum Gasteiger partial charge on any atom is -0.484 e. The number of non-ortho nitro benzene ring substituents is 1. The van der Waals surface area contributed by atoms with Crippen molar-refractivity contribution >= 4 is 11.6 Å². The first kappa shape index (κ1) is 17.0. The molecule has 2 aromatic rings. The van der Waals surface area contributed by atoms with Gasteiger partial charge in [0.2, 0.25) is 0 Å². The molecule has 0 spiro atoms. The molecule has 2 heterocycles. The zero-order valence-electron chi connectivity index (χ0n) is 14.1. The number of nitro groups is 1. The first-order valence-electron chi connectivity index (χ1n) is 8.34. The first-order chi connectivity index (χ1) is 12.1. The van der Waals surface area contributed by atoms with Gasteiger partial charge < -0.3 is 14.2 Å². The highest BCUT2D eigenvalue weighted by Gasteiger charge is 2.29. The van der Waals surface area contributed by atoms with Gasteiger partial charge in [-0.25, -0.2) is 0 Å². The van der Waals surface area contributed by atoms with Gasteiger partial charge in [0, 0.05) is 31.5 Å². The standard InChI is InChI=1S/C18H21N3O4/c1-19-10-5-9-16(19)17-8-2-3-11-20(17)18(22)13-25-15-7-4-6-14(12-15)21(23)24/h4-7,9-10,12,17H,2-3,8,11,13H2,1H3/t17-/m1/s1. The van der Waals surface area contributed by atoms with Crippen LogP contribution in [-0.2, 0) is 11.8 Å². The zero-order chi connectivity index (χ0) is 17.8. The summed E-state index contributed by atoms with van der Waals surface area (Å²) in [7, 11) is 1.98. The molecule has 1 saturated heterocycles. The second kappa shape index (κ2) is 7.38. The van der Waals surface area contributed by atoms with Crippen LogP contribution >= 0.6 is 0 Å². The van der Waals surface area contributed by atoms with Crippen LogP contribution < -0.4 is 4.74 Å². The SMILES string of the molecule is Cn1cccc1[C@H]1CCCCN1C(=O)COc1cccc([N+](=O)[O-])c1. The maximum Gasteiger partial charge on any atom is 0.273 e. The Hall–Kier alpha value is -2.83. The highest BCUT2D eigenvalue weighted by atomic mass is 16.6. The third-order valence-corrected chi connectivity index (χ3v) is 4.54. The fourth-order valence-corrected chi connectivity index (χ4v) is 3.27. The molecule has 25 heavy (non-hydrogen) atoms. The monoisotopic (exact) mass is 343 g/mol. The number of aromatic nitrogens is 1. The van der Waals surface area contributed by atoms with Gasteiger partial charge in [0.1, 0.15) is 5.75 Å².